The van der Waals surface area contributed by atoms with Crippen LogP contribution in [0.5, 0.6) is 5.75 Å². The number of benzene rings is 6. The Kier molecular flexibility index (Phi) is 11.3. The number of carbonyl (C=O) groups is 4. The zero-order valence-electron chi connectivity index (χ0n) is 35.2. The zero-order chi connectivity index (χ0) is 44.5. The van der Waals surface area contributed by atoms with Crippen LogP contribution in [-0.4, -0.2) is 63.5 Å². The van der Waals surface area contributed by atoms with E-state index in [1.54, 1.807) is 37.3 Å². The Balaban J connectivity index is 1.26. The number of carboxylic acids is 1. The van der Waals surface area contributed by atoms with E-state index in [1.807, 2.05) is 133 Å². The van der Waals surface area contributed by atoms with E-state index in [0.717, 1.165) is 21.6 Å². The zero-order valence-corrected chi connectivity index (χ0v) is 35.2. The number of fused-ring (bicyclic) bond motifs is 3. The third-order valence-corrected chi connectivity index (χ3v) is 12.7. The van der Waals surface area contributed by atoms with Gasteiger partial charge in [0.2, 0.25) is 5.91 Å². The summed E-state index contributed by atoms with van der Waals surface area (Å²) in [6.45, 7) is 2.87. The minimum absolute atomic E-state index is 0.0502. The van der Waals surface area contributed by atoms with Gasteiger partial charge in [-0.2, -0.15) is 0 Å². The predicted molar refractivity (Wildman–Crippen MR) is 241 cm³/mol. The lowest BCUT2D eigenvalue weighted by atomic mass is 9.65. The van der Waals surface area contributed by atoms with E-state index in [4.69, 9.17) is 4.74 Å². The number of imide groups is 1. The van der Waals surface area contributed by atoms with E-state index >= 15 is 4.79 Å². The molecule has 0 aromatic heterocycles. The quantitative estimate of drug-likeness (QED) is 0.0973. The van der Waals surface area contributed by atoms with Crippen molar-refractivity contribution in [3.8, 4) is 17.6 Å². The van der Waals surface area contributed by atoms with Crippen molar-refractivity contribution in [2.75, 3.05) is 18.5 Å². The van der Waals surface area contributed by atoms with E-state index in [2.05, 4.69) is 22.1 Å². The molecule has 0 unspecified atom stereocenters. The van der Waals surface area contributed by atoms with Crippen molar-refractivity contribution in [3.63, 3.8) is 0 Å². The van der Waals surface area contributed by atoms with Gasteiger partial charge < -0.3 is 20.3 Å². The molecule has 9 rings (SSSR count). The number of phenols is 1. The molecule has 11 nitrogen and oxygen atoms in total. The molecule has 0 saturated carbocycles. The van der Waals surface area contributed by atoms with E-state index in [0.29, 0.717) is 29.8 Å². The number of morpholine rings is 1. The Morgan fingerprint density at radius 2 is 1.39 bits per heavy atom. The van der Waals surface area contributed by atoms with Crippen LogP contribution in [0, 0.1) is 17.8 Å². The molecule has 64 heavy (non-hydrogen) atoms. The largest absolute Gasteiger partial charge is 0.508 e. The normalized spacial score (nSPS) is 22.9. The van der Waals surface area contributed by atoms with Gasteiger partial charge in [-0.25, -0.2) is 9.69 Å². The summed E-state index contributed by atoms with van der Waals surface area (Å²) in [6, 6.07) is 44.4. The van der Waals surface area contributed by atoms with Gasteiger partial charge in [0.05, 0.1) is 30.4 Å². The standard InChI is InChI=1S/C53H46N4O7/c1-34(37-19-9-4-10-20-37)54-52(63)56-43-30-25-35(18-15-31-55(2)33-36-16-7-3-8-17-36)32-42(43)53(51(56)62)44(49(59)60)46-50(61)64-47(39-23-13-6-14-24-39)45(38-21-11-5-12-22-38)57(46)48(53)40-26-28-41(58)29-27-40/h3-14,16-17,19-30,32,34,44-48,58H,31,33H2,1-2H3,(H,54,63)(H,59,60)/t34-,44+,45+,46+,47-,48-,53+/m1/s1. The van der Waals surface area contributed by atoms with Gasteiger partial charge in [0, 0.05) is 12.1 Å². The number of hydrogen-bond donors (Lipinski definition) is 3. The van der Waals surface area contributed by atoms with Crippen LogP contribution in [0.4, 0.5) is 10.5 Å². The van der Waals surface area contributed by atoms with Crippen molar-refractivity contribution < 1.29 is 34.1 Å². The minimum atomic E-state index is -2.12. The maximum atomic E-state index is 16.1. The summed E-state index contributed by atoms with van der Waals surface area (Å²) in [5, 5.41) is 25.2. The smallest absolute Gasteiger partial charge is 0.329 e. The molecule has 0 bridgehead atoms. The number of ether oxygens (including phenoxy) is 1. The number of nitrogens with zero attached hydrogens (tertiary/aromatic N) is 3. The first kappa shape index (κ1) is 41.8. The van der Waals surface area contributed by atoms with Gasteiger partial charge >= 0.3 is 18.0 Å². The van der Waals surface area contributed by atoms with Gasteiger partial charge in [0.25, 0.3) is 0 Å². The van der Waals surface area contributed by atoms with Crippen molar-refractivity contribution in [2.45, 2.75) is 49.2 Å². The number of cyclic esters (lactones) is 1. The first-order chi connectivity index (χ1) is 31.1. The van der Waals surface area contributed by atoms with E-state index in [9.17, 15) is 24.6 Å². The lowest BCUT2D eigenvalue weighted by Gasteiger charge is -2.46. The molecule has 6 aromatic carbocycles. The number of hydrogen-bond acceptors (Lipinski definition) is 8. The molecule has 3 N–H and O–H groups in total. The van der Waals surface area contributed by atoms with Gasteiger partial charge in [0.1, 0.15) is 29.2 Å². The summed E-state index contributed by atoms with van der Waals surface area (Å²) in [7, 11) is 1.96. The van der Waals surface area contributed by atoms with Crippen LogP contribution in [0.1, 0.15) is 70.1 Å². The highest BCUT2D eigenvalue weighted by Crippen LogP contribution is 2.66. The summed E-state index contributed by atoms with van der Waals surface area (Å²) < 4.78 is 6.37. The van der Waals surface area contributed by atoms with Crippen LogP contribution in [0.3, 0.4) is 0 Å². The SMILES string of the molecule is C[C@@H](NC(=O)N1C(=O)[C@@]2(c3cc(C#CCN(C)Cc4ccccc4)ccc31)[C@H](C(=O)O)[C@H]1C(=O)O[C@H](c3ccccc3)[C@H](c3ccccc3)N1[C@@H]2c1ccc(O)cc1)c1ccccc1. The van der Waals surface area contributed by atoms with Gasteiger partial charge in [-0.3, -0.25) is 24.2 Å². The molecule has 1 spiro atoms. The van der Waals surface area contributed by atoms with Crippen molar-refractivity contribution in [1.82, 2.24) is 15.1 Å². The number of urea groups is 1. The molecule has 7 atom stereocenters. The Morgan fingerprint density at radius 1 is 0.781 bits per heavy atom. The number of carboxylic acid groups (broad SMARTS) is 1. The average Bonchev–Trinajstić information content (AvgIpc) is 3.77. The molecule has 2 saturated heterocycles. The summed E-state index contributed by atoms with van der Waals surface area (Å²) >= 11 is 0. The average molecular weight is 851 g/mol. The fraction of sp³-hybridized carbons (Fsp3) is 0.208. The summed E-state index contributed by atoms with van der Waals surface area (Å²) in [6.07, 6.45) is -0.927. The van der Waals surface area contributed by atoms with Crippen molar-refractivity contribution >= 4 is 29.6 Å². The molecule has 0 radical (unpaired) electrons. The Morgan fingerprint density at radius 3 is 2.03 bits per heavy atom. The molecule has 3 amide bonds. The molecule has 6 aromatic rings. The van der Waals surface area contributed by atoms with E-state index in [-0.39, 0.29) is 17.0 Å². The summed E-state index contributed by atoms with van der Waals surface area (Å²) in [5.74, 6) is 1.62. The molecule has 0 aliphatic carbocycles. The summed E-state index contributed by atoms with van der Waals surface area (Å²) in [4.78, 5) is 64.9. The van der Waals surface area contributed by atoms with Gasteiger partial charge in [-0.15, -0.1) is 0 Å². The molecular formula is C53H46N4O7. The summed E-state index contributed by atoms with van der Waals surface area (Å²) in [5.41, 5.74) is 2.55. The maximum Gasteiger partial charge on any atom is 0.329 e. The van der Waals surface area contributed by atoms with Crippen LogP contribution in [0.2, 0.25) is 0 Å². The molecule has 320 valence electrons. The van der Waals surface area contributed by atoms with Crippen LogP contribution in [0.25, 0.3) is 0 Å². The highest BCUT2D eigenvalue weighted by atomic mass is 16.6. The van der Waals surface area contributed by atoms with Gasteiger partial charge in [-0.1, -0.05) is 145 Å². The number of nitrogens with one attached hydrogen (secondary N) is 1. The number of phenolic OH excluding ortho intramolecular Hbond substituents is 1. The minimum Gasteiger partial charge on any atom is -0.508 e. The van der Waals surface area contributed by atoms with E-state index < -0.39 is 65.5 Å². The molecule has 3 heterocycles. The monoisotopic (exact) mass is 850 g/mol. The molecular weight excluding hydrogens is 805 g/mol. The number of rotatable bonds is 9. The number of anilines is 1. The van der Waals surface area contributed by atoms with Crippen LogP contribution >= 0.6 is 0 Å². The topological polar surface area (TPSA) is 140 Å². The highest BCUT2D eigenvalue weighted by Gasteiger charge is 2.76. The third-order valence-electron chi connectivity index (χ3n) is 12.7. The second-order valence-corrected chi connectivity index (χ2v) is 16.6. The van der Waals surface area contributed by atoms with Crippen LogP contribution in [0.15, 0.2) is 164 Å². The number of carbonyl (C=O) groups excluding carboxylic acids is 3. The van der Waals surface area contributed by atoms with Crippen molar-refractivity contribution in [3.05, 3.63) is 203 Å². The van der Waals surface area contributed by atoms with Gasteiger partial charge in [-0.05, 0) is 77.7 Å². The first-order valence-electron chi connectivity index (χ1n) is 21.2. The number of amides is 3. The number of aliphatic carboxylic acids is 1. The second kappa shape index (κ2) is 17.3. The molecule has 2 fully saturated rings. The Hall–Kier alpha value is -7.52. The molecule has 11 heteroatoms. The lowest BCUT2D eigenvalue weighted by molar-refractivity contribution is -0.179. The second-order valence-electron chi connectivity index (χ2n) is 16.6. The Labute approximate surface area is 371 Å². The molecule has 3 aliphatic rings. The fourth-order valence-corrected chi connectivity index (χ4v) is 9.92. The van der Waals surface area contributed by atoms with E-state index in [1.165, 1.54) is 12.1 Å². The lowest BCUT2D eigenvalue weighted by Crippen LogP contribution is -2.54. The predicted octanol–water partition coefficient (Wildman–Crippen LogP) is 8.10. The fourth-order valence-electron chi connectivity index (χ4n) is 9.92. The Bertz CT molecular complexity index is 2760. The van der Waals surface area contributed by atoms with Crippen molar-refractivity contribution in [1.29, 1.82) is 0 Å². The van der Waals surface area contributed by atoms with Gasteiger partial charge in [0.15, 0.2) is 0 Å². The number of aromatic hydroxyl groups is 1. The first-order valence-corrected chi connectivity index (χ1v) is 21.2. The van der Waals surface area contributed by atoms with Crippen LogP contribution in [-0.2, 0) is 31.1 Å². The van der Waals surface area contributed by atoms with Crippen molar-refractivity contribution in [2.24, 2.45) is 5.92 Å². The third kappa shape index (κ3) is 7.36. The number of esters is 1. The van der Waals surface area contributed by atoms with Crippen LogP contribution < -0.4 is 10.2 Å². The maximum absolute atomic E-state index is 16.1. The molecule has 3 aliphatic heterocycles. The highest BCUT2D eigenvalue weighted by molar-refractivity contribution is 6.24.